The molecule has 0 fully saturated rings. The van der Waals surface area contributed by atoms with Crippen molar-refractivity contribution in [3.8, 4) is 33.8 Å². The van der Waals surface area contributed by atoms with Crippen molar-refractivity contribution in [1.29, 1.82) is 0 Å². The summed E-state index contributed by atoms with van der Waals surface area (Å²) in [6.07, 6.45) is 5.34. The van der Waals surface area contributed by atoms with Gasteiger partial charge in [-0.2, -0.15) is 0 Å². The Morgan fingerprint density at radius 2 is 1.45 bits per heavy atom. The number of fused-ring (bicyclic) bond motifs is 1. The summed E-state index contributed by atoms with van der Waals surface area (Å²) in [7, 11) is 0. The fourth-order valence-electron chi connectivity index (χ4n) is 4.02. The summed E-state index contributed by atoms with van der Waals surface area (Å²) in [5.41, 5.74) is 4.13. The number of hydrogen-bond acceptors (Lipinski definition) is 6. The molecule has 0 radical (unpaired) electrons. The minimum atomic E-state index is 0.419. The molecular formula is C30H20ClN3O3S. The molecule has 186 valence electrons. The molecule has 0 aliphatic rings. The van der Waals surface area contributed by atoms with Gasteiger partial charge >= 0.3 is 0 Å². The third kappa shape index (κ3) is 5.21. The van der Waals surface area contributed by atoms with Gasteiger partial charge in [-0.3, -0.25) is 0 Å². The molecule has 0 saturated carbocycles. The maximum absolute atomic E-state index is 6.20. The van der Waals surface area contributed by atoms with Gasteiger partial charge in [0.15, 0.2) is 5.65 Å². The number of ether oxygens (including phenoxy) is 1. The highest BCUT2D eigenvalue weighted by molar-refractivity contribution is 7.94. The largest absolute Gasteiger partial charge is 0.457 e. The molecule has 0 aliphatic heterocycles. The Morgan fingerprint density at radius 1 is 0.711 bits per heavy atom. The zero-order valence-electron chi connectivity index (χ0n) is 19.9. The predicted octanol–water partition coefficient (Wildman–Crippen LogP) is 8.28. The van der Waals surface area contributed by atoms with Gasteiger partial charge in [0.25, 0.3) is 0 Å². The molecule has 3 aromatic heterocycles. The molecule has 0 amide bonds. The van der Waals surface area contributed by atoms with Crippen molar-refractivity contribution in [2.45, 2.75) is 4.90 Å². The summed E-state index contributed by atoms with van der Waals surface area (Å²) in [6, 6.07) is 33.0. The summed E-state index contributed by atoms with van der Waals surface area (Å²) in [5, 5.41) is 1.27. The lowest BCUT2D eigenvalue weighted by Crippen LogP contribution is -2.07. The molecule has 3 aromatic carbocycles. The van der Waals surface area contributed by atoms with Gasteiger partial charge in [0.2, 0.25) is 0 Å². The van der Waals surface area contributed by atoms with Crippen LogP contribution < -0.4 is 9.73 Å². The first-order chi connectivity index (χ1) is 18.7. The predicted molar refractivity (Wildman–Crippen MR) is 150 cm³/mol. The van der Waals surface area contributed by atoms with Crippen molar-refractivity contribution in [3.63, 3.8) is 0 Å². The lowest BCUT2D eigenvalue weighted by molar-refractivity contribution is -0.188. The molecule has 6 rings (SSSR count). The molecule has 0 saturated heterocycles. The third-order valence-corrected chi connectivity index (χ3v) is 6.62. The Bertz CT molecular complexity index is 1680. The Balaban J connectivity index is 1.39. The summed E-state index contributed by atoms with van der Waals surface area (Å²) in [4.78, 5) is 15.6. The van der Waals surface area contributed by atoms with Gasteiger partial charge < -0.3 is 4.74 Å². The third-order valence-electron chi connectivity index (χ3n) is 5.80. The van der Waals surface area contributed by atoms with E-state index in [4.69, 9.17) is 30.6 Å². The second-order valence-corrected chi connectivity index (χ2v) is 9.44. The van der Waals surface area contributed by atoms with E-state index in [9.17, 15) is 0 Å². The van der Waals surface area contributed by atoms with Crippen molar-refractivity contribution in [1.82, 2.24) is 14.7 Å². The summed E-state index contributed by atoms with van der Waals surface area (Å²) >= 11 is 7.17. The van der Waals surface area contributed by atoms with Crippen molar-refractivity contribution >= 4 is 34.7 Å². The van der Waals surface area contributed by atoms with Crippen LogP contribution in [0.5, 0.6) is 11.5 Å². The fraction of sp³-hybridized carbons (Fsp3) is 0. The van der Waals surface area contributed by atoms with E-state index in [1.54, 1.807) is 18.5 Å². The van der Waals surface area contributed by atoms with Crippen molar-refractivity contribution in [2.75, 3.05) is 0 Å². The maximum Gasteiger partial charge on any atom is 0.179 e. The van der Waals surface area contributed by atoms with E-state index in [0.29, 0.717) is 10.8 Å². The van der Waals surface area contributed by atoms with Crippen LogP contribution in [0.1, 0.15) is 0 Å². The number of para-hydroxylation sites is 2. The Hall–Kier alpha value is -4.30. The summed E-state index contributed by atoms with van der Waals surface area (Å²) in [5.74, 6) is 1.49. The second kappa shape index (κ2) is 11.0. The number of pyridine rings is 2. The minimum Gasteiger partial charge on any atom is -0.457 e. The molecule has 3 heterocycles. The molecule has 0 unspecified atom stereocenters. The smallest absolute Gasteiger partial charge is 0.179 e. The van der Waals surface area contributed by atoms with E-state index < -0.39 is 0 Å². The number of nitrogens with zero attached hydrogens (tertiary/aromatic N) is 3. The Labute approximate surface area is 228 Å². The van der Waals surface area contributed by atoms with Crippen LogP contribution in [-0.2, 0) is 4.33 Å². The molecule has 0 bridgehead atoms. The molecular weight excluding hydrogens is 518 g/mol. The highest BCUT2D eigenvalue weighted by Crippen LogP contribution is 2.37. The fourth-order valence-corrected chi connectivity index (χ4v) is 4.58. The SMILES string of the molecule is Clc1ccc(-c2cn(OOSc3ccccc3)c3ncc(-c4ccccc4Oc4ccccc4)cc23)cn1. The second-order valence-electron chi connectivity index (χ2n) is 8.28. The zero-order chi connectivity index (χ0) is 25.7. The van der Waals surface area contributed by atoms with Crippen molar-refractivity contribution in [3.05, 3.63) is 127 Å². The highest BCUT2D eigenvalue weighted by Gasteiger charge is 2.17. The van der Waals surface area contributed by atoms with Gasteiger partial charge in [-0.25, -0.2) is 15.0 Å². The van der Waals surface area contributed by atoms with Gasteiger partial charge in [0.05, 0.1) is 18.2 Å². The first-order valence-electron chi connectivity index (χ1n) is 11.8. The van der Waals surface area contributed by atoms with Gasteiger partial charge in [0.1, 0.15) is 16.7 Å². The van der Waals surface area contributed by atoms with Crippen LogP contribution >= 0.6 is 23.6 Å². The van der Waals surface area contributed by atoms with Crippen LogP contribution in [0.15, 0.2) is 127 Å². The van der Waals surface area contributed by atoms with E-state index in [0.717, 1.165) is 56.1 Å². The Kier molecular flexibility index (Phi) is 6.95. The van der Waals surface area contributed by atoms with E-state index >= 15 is 0 Å². The van der Waals surface area contributed by atoms with E-state index in [1.165, 1.54) is 4.73 Å². The van der Waals surface area contributed by atoms with Crippen LogP contribution in [0.4, 0.5) is 0 Å². The number of halogens is 1. The van der Waals surface area contributed by atoms with E-state index in [-0.39, 0.29) is 0 Å². The standard InChI is InChI=1S/C30H20ClN3O3S/c31-29-16-15-21(18-32-29)27-20-34(36-37-38-24-11-5-2-6-12-24)30-26(27)17-22(19-33-30)25-13-7-8-14-28(25)35-23-9-3-1-4-10-23/h1-20H. The minimum absolute atomic E-state index is 0.419. The van der Waals surface area contributed by atoms with Crippen LogP contribution in [0.3, 0.4) is 0 Å². The van der Waals surface area contributed by atoms with Crippen LogP contribution in [0.25, 0.3) is 33.3 Å². The summed E-state index contributed by atoms with van der Waals surface area (Å²) in [6.45, 7) is 0. The molecule has 0 atom stereocenters. The van der Waals surface area contributed by atoms with Gasteiger partial charge in [-0.05, 0) is 48.5 Å². The number of aromatic nitrogens is 3. The average Bonchev–Trinajstić information content (AvgIpc) is 3.33. The lowest BCUT2D eigenvalue weighted by atomic mass is 10.0. The molecule has 6 aromatic rings. The topological polar surface area (TPSA) is 58.4 Å². The number of rotatable bonds is 8. The van der Waals surface area contributed by atoms with Crippen molar-refractivity contribution < 1.29 is 14.1 Å². The van der Waals surface area contributed by atoms with E-state index in [2.05, 4.69) is 11.1 Å². The highest BCUT2D eigenvalue weighted by atomic mass is 35.5. The molecule has 0 N–H and O–H groups in total. The molecule has 0 spiro atoms. The van der Waals surface area contributed by atoms with Gasteiger partial charge in [0, 0.05) is 44.9 Å². The summed E-state index contributed by atoms with van der Waals surface area (Å²) < 4.78 is 13.2. The zero-order valence-corrected chi connectivity index (χ0v) is 21.5. The number of benzene rings is 3. The van der Waals surface area contributed by atoms with E-state index in [1.807, 2.05) is 97.2 Å². The maximum atomic E-state index is 6.20. The van der Waals surface area contributed by atoms with Crippen LogP contribution in [-0.4, -0.2) is 14.7 Å². The monoisotopic (exact) mass is 537 g/mol. The molecule has 38 heavy (non-hydrogen) atoms. The average molecular weight is 538 g/mol. The van der Waals surface area contributed by atoms with Gasteiger partial charge in [-0.15, -0.1) is 4.73 Å². The normalized spacial score (nSPS) is 11.0. The van der Waals surface area contributed by atoms with Crippen LogP contribution in [0, 0.1) is 0 Å². The molecule has 6 nitrogen and oxygen atoms in total. The number of hydrogen-bond donors (Lipinski definition) is 0. The Morgan fingerprint density at radius 3 is 2.24 bits per heavy atom. The lowest BCUT2D eigenvalue weighted by Gasteiger charge is -2.11. The quantitative estimate of drug-likeness (QED) is 0.0842. The van der Waals surface area contributed by atoms with Crippen molar-refractivity contribution in [2.24, 2.45) is 0 Å². The first kappa shape index (κ1) is 24.1. The first-order valence-corrected chi connectivity index (χ1v) is 12.9. The van der Waals surface area contributed by atoms with Crippen LogP contribution in [0.2, 0.25) is 5.15 Å². The van der Waals surface area contributed by atoms with Gasteiger partial charge in [-0.1, -0.05) is 70.5 Å². The molecule has 8 heteroatoms. The molecule has 0 aliphatic carbocycles.